The van der Waals surface area contributed by atoms with Gasteiger partial charge < -0.3 is 9.84 Å². The maximum atomic E-state index is 9.08. The molecule has 0 amide bonds. The van der Waals surface area contributed by atoms with Crippen LogP contribution in [0, 0.1) is 17.2 Å². The normalized spacial score (nSPS) is 19.3. The highest BCUT2D eigenvalue weighted by atomic mass is 16.5. The van der Waals surface area contributed by atoms with Crippen molar-refractivity contribution in [1.29, 1.82) is 5.26 Å². The topological polar surface area (TPSA) is 56.5 Å². The molecule has 1 aliphatic rings. The first-order valence-corrected chi connectivity index (χ1v) is 6.73. The van der Waals surface area contributed by atoms with E-state index in [1.165, 1.54) is 0 Å². The number of hydrogen-bond acceptors (Lipinski definition) is 4. The molecule has 1 aromatic rings. The van der Waals surface area contributed by atoms with Crippen LogP contribution in [0.15, 0.2) is 24.3 Å². The van der Waals surface area contributed by atoms with Gasteiger partial charge in [-0.25, -0.2) is 0 Å². The fourth-order valence-corrected chi connectivity index (χ4v) is 2.35. The smallest absolute Gasteiger partial charge is 0.119 e. The third-order valence-corrected chi connectivity index (χ3v) is 3.51. The molecule has 0 spiro atoms. The van der Waals surface area contributed by atoms with Crippen LogP contribution in [0.2, 0.25) is 0 Å². The van der Waals surface area contributed by atoms with E-state index in [0.29, 0.717) is 18.9 Å². The monoisotopic (exact) mass is 260 g/mol. The Bertz CT molecular complexity index is 425. The quantitative estimate of drug-likeness (QED) is 0.841. The standard InChI is InChI=1S/C15H20N2O2/c16-7-5-13-1-3-15(4-2-13)19-10-9-17-8-6-14(11-17)12-18/h1-4,14,18H,5-6,8-12H2. The van der Waals surface area contributed by atoms with Crippen molar-refractivity contribution < 1.29 is 9.84 Å². The van der Waals surface area contributed by atoms with E-state index in [1.54, 1.807) is 0 Å². The van der Waals surface area contributed by atoms with Gasteiger partial charge in [-0.2, -0.15) is 5.26 Å². The SMILES string of the molecule is N#CCc1ccc(OCCN2CCC(CO)C2)cc1. The van der Waals surface area contributed by atoms with Crippen molar-refractivity contribution in [2.24, 2.45) is 5.92 Å². The molecule has 0 aliphatic carbocycles. The van der Waals surface area contributed by atoms with Gasteiger partial charge in [0, 0.05) is 19.7 Å². The van der Waals surface area contributed by atoms with Crippen LogP contribution in [0.4, 0.5) is 0 Å². The second kappa shape index (κ2) is 7.13. The van der Waals surface area contributed by atoms with Crippen LogP contribution in [0.3, 0.4) is 0 Å². The lowest BCUT2D eigenvalue weighted by Gasteiger charge is -2.15. The number of benzene rings is 1. The summed E-state index contributed by atoms with van der Waals surface area (Å²) in [5.74, 6) is 1.28. The molecule has 1 saturated heterocycles. The maximum Gasteiger partial charge on any atom is 0.119 e. The molecule has 1 N–H and O–H groups in total. The maximum absolute atomic E-state index is 9.08. The van der Waals surface area contributed by atoms with Crippen molar-refractivity contribution in [2.75, 3.05) is 32.8 Å². The minimum absolute atomic E-state index is 0.289. The Labute approximate surface area is 114 Å². The molecule has 0 saturated carbocycles. The molecule has 0 aromatic heterocycles. The largest absolute Gasteiger partial charge is 0.492 e. The van der Waals surface area contributed by atoms with Gasteiger partial charge in [0.05, 0.1) is 12.5 Å². The molecule has 102 valence electrons. The molecule has 0 bridgehead atoms. The Morgan fingerprint density at radius 3 is 2.79 bits per heavy atom. The molecule has 0 radical (unpaired) electrons. The Hall–Kier alpha value is -1.57. The summed E-state index contributed by atoms with van der Waals surface area (Å²) in [4.78, 5) is 2.32. The Morgan fingerprint density at radius 1 is 1.37 bits per heavy atom. The van der Waals surface area contributed by atoms with E-state index in [4.69, 9.17) is 15.1 Å². The van der Waals surface area contributed by atoms with Gasteiger partial charge in [-0.15, -0.1) is 0 Å². The van der Waals surface area contributed by atoms with E-state index in [-0.39, 0.29) is 6.61 Å². The van der Waals surface area contributed by atoms with Gasteiger partial charge in [0.2, 0.25) is 0 Å². The first-order chi connectivity index (χ1) is 9.31. The Morgan fingerprint density at radius 2 is 2.16 bits per heavy atom. The van der Waals surface area contributed by atoms with Crippen molar-refractivity contribution in [3.8, 4) is 11.8 Å². The molecular formula is C15H20N2O2. The molecule has 1 unspecified atom stereocenters. The molecule has 1 fully saturated rings. The number of rotatable bonds is 6. The molecule has 4 nitrogen and oxygen atoms in total. The minimum Gasteiger partial charge on any atom is -0.492 e. The lowest BCUT2D eigenvalue weighted by Crippen LogP contribution is -2.26. The number of nitrogens with zero attached hydrogens (tertiary/aromatic N) is 2. The first-order valence-electron chi connectivity index (χ1n) is 6.73. The fraction of sp³-hybridized carbons (Fsp3) is 0.533. The summed E-state index contributed by atoms with van der Waals surface area (Å²) in [6.07, 6.45) is 1.52. The highest BCUT2D eigenvalue weighted by Gasteiger charge is 2.20. The predicted octanol–water partition coefficient (Wildman–Crippen LogP) is 1.45. The summed E-state index contributed by atoms with van der Waals surface area (Å²) in [5.41, 5.74) is 1.01. The van der Waals surface area contributed by atoms with Crippen LogP contribution in [0.25, 0.3) is 0 Å². The zero-order chi connectivity index (χ0) is 13.5. The zero-order valence-electron chi connectivity index (χ0n) is 11.1. The average molecular weight is 260 g/mol. The summed E-state index contributed by atoms with van der Waals surface area (Å²) in [6.45, 7) is 3.88. The average Bonchev–Trinajstić information content (AvgIpc) is 2.89. The van der Waals surface area contributed by atoms with Crippen molar-refractivity contribution in [3.05, 3.63) is 29.8 Å². The van der Waals surface area contributed by atoms with E-state index >= 15 is 0 Å². The summed E-state index contributed by atoms with van der Waals surface area (Å²) in [6, 6.07) is 9.80. The van der Waals surface area contributed by atoms with Gasteiger partial charge in [0.15, 0.2) is 0 Å². The second-order valence-corrected chi connectivity index (χ2v) is 4.97. The third kappa shape index (κ3) is 4.23. The Kier molecular flexibility index (Phi) is 5.20. The molecule has 1 heterocycles. The first kappa shape index (κ1) is 13.9. The molecule has 1 atom stereocenters. The van der Waals surface area contributed by atoms with Gasteiger partial charge >= 0.3 is 0 Å². The van der Waals surface area contributed by atoms with Crippen LogP contribution in [0.5, 0.6) is 5.75 Å². The number of aliphatic hydroxyl groups is 1. The fourth-order valence-electron chi connectivity index (χ4n) is 2.35. The summed E-state index contributed by atoms with van der Waals surface area (Å²) in [7, 11) is 0. The van der Waals surface area contributed by atoms with Crippen LogP contribution in [0.1, 0.15) is 12.0 Å². The van der Waals surface area contributed by atoms with E-state index in [2.05, 4.69) is 11.0 Å². The highest BCUT2D eigenvalue weighted by Crippen LogP contribution is 2.16. The predicted molar refractivity (Wildman–Crippen MR) is 72.9 cm³/mol. The number of nitriles is 1. The van der Waals surface area contributed by atoms with Crippen molar-refractivity contribution >= 4 is 0 Å². The molecule has 1 aromatic carbocycles. The van der Waals surface area contributed by atoms with E-state index in [9.17, 15) is 0 Å². The van der Waals surface area contributed by atoms with Gasteiger partial charge in [0.25, 0.3) is 0 Å². The second-order valence-electron chi connectivity index (χ2n) is 4.97. The van der Waals surface area contributed by atoms with Crippen molar-refractivity contribution in [1.82, 2.24) is 4.90 Å². The lowest BCUT2D eigenvalue weighted by atomic mass is 10.1. The minimum atomic E-state index is 0.289. The van der Waals surface area contributed by atoms with E-state index < -0.39 is 0 Å². The van der Waals surface area contributed by atoms with Gasteiger partial charge in [-0.1, -0.05) is 12.1 Å². The van der Waals surface area contributed by atoms with Gasteiger partial charge in [-0.3, -0.25) is 4.90 Å². The van der Waals surface area contributed by atoms with Crippen LogP contribution < -0.4 is 4.74 Å². The number of likely N-dealkylation sites (tertiary alicyclic amines) is 1. The third-order valence-electron chi connectivity index (χ3n) is 3.51. The van der Waals surface area contributed by atoms with Crippen LogP contribution >= 0.6 is 0 Å². The van der Waals surface area contributed by atoms with Crippen LogP contribution in [-0.4, -0.2) is 42.9 Å². The zero-order valence-corrected chi connectivity index (χ0v) is 11.1. The number of ether oxygens (including phenoxy) is 1. The summed E-state index contributed by atoms with van der Waals surface area (Å²) < 4.78 is 5.68. The van der Waals surface area contributed by atoms with Crippen molar-refractivity contribution in [3.63, 3.8) is 0 Å². The van der Waals surface area contributed by atoms with E-state index in [0.717, 1.165) is 37.4 Å². The molecule has 4 heteroatoms. The number of hydrogen-bond donors (Lipinski definition) is 1. The molecule has 1 aliphatic heterocycles. The summed E-state index contributed by atoms with van der Waals surface area (Å²) in [5, 5.41) is 17.7. The molecule has 19 heavy (non-hydrogen) atoms. The number of aliphatic hydroxyl groups excluding tert-OH is 1. The van der Waals surface area contributed by atoms with Gasteiger partial charge in [-0.05, 0) is 36.6 Å². The van der Waals surface area contributed by atoms with Gasteiger partial charge in [0.1, 0.15) is 12.4 Å². The molecular weight excluding hydrogens is 240 g/mol. The molecule has 2 rings (SSSR count). The summed E-state index contributed by atoms with van der Waals surface area (Å²) >= 11 is 0. The van der Waals surface area contributed by atoms with Crippen molar-refractivity contribution in [2.45, 2.75) is 12.8 Å². The Balaban J connectivity index is 1.69. The highest BCUT2D eigenvalue weighted by molar-refractivity contribution is 5.28. The van der Waals surface area contributed by atoms with Crippen LogP contribution in [-0.2, 0) is 6.42 Å². The lowest BCUT2D eigenvalue weighted by molar-refractivity contribution is 0.204. The van der Waals surface area contributed by atoms with E-state index in [1.807, 2.05) is 24.3 Å².